The van der Waals surface area contributed by atoms with E-state index < -0.39 is 22.1 Å². The molecule has 8 nitrogen and oxygen atoms in total. The molecule has 0 spiro atoms. The minimum Gasteiger partial charge on any atom is -0.504 e. The molecule has 1 saturated heterocycles. The van der Waals surface area contributed by atoms with Crippen LogP contribution in [0.25, 0.3) is 0 Å². The van der Waals surface area contributed by atoms with Gasteiger partial charge < -0.3 is 15.1 Å². The van der Waals surface area contributed by atoms with E-state index in [0.29, 0.717) is 6.54 Å². The predicted octanol–water partition coefficient (Wildman–Crippen LogP) is 2.82. The Kier molecular flexibility index (Phi) is 7.19. The number of phenolic OH excluding ortho intramolecular Hbond substituents is 2. The largest absolute Gasteiger partial charge is 0.504 e. The fraction of sp³-hybridized carbons (Fsp3) is 0.316. The summed E-state index contributed by atoms with van der Waals surface area (Å²) in [6.45, 7) is 3.91. The number of nitro benzene ring substituents is 1. The molecular weight excluding hydrogens is 386 g/mol. The van der Waals surface area contributed by atoms with Gasteiger partial charge in [0.15, 0.2) is 11.5 Å². The van der Waals surface area contributed by atoms with Gasteiger partial charge in [0.1, 0.15) is 0 Å². The van der Waals surface area contributed by atoms with E-state index in [1.807, 2.05) is 18.2 Å². The number of ketones is 1. The topological polar surface area (TPSA) is 107 Å². The fourth-order valence-corrected chi connectivity index (χ4v) is 3.18. The maximum atomic E-state index is 12.4. The molecule has 2 N–H and O–H groups in total. The Balaban J connectivity index is 0.00000280. The number of nitro groups is 1. The SMILES string of the molecule is Cl.O=C(CCN1CCN(c2ccccc2)CC1)c1cc(O)c(O)c([N+](=O)[O-])c1. The lowest BCUT2D eigenvalue weighted by Crippen LogP contribution is -2.46. The van der Waals surface area contributed by atoms with Gasteiger partial charge in [-0.05, 0) is 18.2 Å². The standard InChI is InChI=1S/C19H21N3O5.ClH/c23-17(14-12-16(22(26)27)19(25)18(24)13-14)6-7-20-8-10-21(11-9-20)15-4-2-1-3-5-15;/h1-5,12-13,24-25H,6-11H2;1H. The quantitative estimate of drug-likeness (QED) is 0.328. The Morgan fingerprint density at radius 1 is 1.07 bits per heavy atom. The monoisotopic (exact) mass is 407 g/mol. The molecule has 0 aliphatic carbocycles. The maximum Gasteiger partial charge on any atom is 0.315 e. The molecule has 1 fully saturated rings. The molecule has 0 unspecified atom stereocenters. The first kappa shape index (κ1) is 21.5. The Morgan fingerprint density at radius 3 is 2.32 bits per heavy atom. The van der Waals surface area contributed by atoms with Crippen molar-refractivity contribution in [2.45, 2.75) is 6.42 Å². The Morgan fingerprint density at radius 2 is 1.71 bits per heavy atom. The number of hydrogen-bond donors (Lipinski definition) is 2. The zero-order valence-electron chi connectivity index (χ0n) is 15.2. The van der Waals surface area contributed by atoms with Crippen molar-refractivity contribution in [1.82, 2.24) is 4.90 Å². The first-order chi connectivity index (χ1) is 13.0. The van der Waals surface area contributed by atoms with Crippen LogP contribution in [0.3, 0.4) is 0 Å². The molecule has 1 heterocycles. The highest BCUT2D eigenvalue weighted by atomic mass is 35.5. The molecule has 2 aromatic carbocycles. The molecule has 3 rings (SSSR count). The van der Waals surface area contributed by atoms with Crippen LogP contribution in [-0.2, 0) is 0 Å². The van der Waals surface area contributed by atoms with Crippen LogP contribution in [-0.4, -0.2) is 58.5 Å². The van der Waals surface area contributed by atoms with E-state index in [-0.39, 0.29) is 30.2 Å². The van der Waals surface area contributed by atoms with Crippen LogP contribution in [0.2, 0.25) is 0 Å². The van der Waals surface area contributed by atoms with Gasteiger partial charge in [-0.15, -0.1) is 12.4 Å². The van der Waals surface area contributed by atoms with Crippen molar-refractivity contribution in [2.24, 2.45) is 0 Å². The summed E-state index contributed by atoms with van der Waals surface area (Å²) >= 11 is 0. The van der Waals surface area contributed by atoms with E-state index in [1.54, 1.807) is 0 Å². The number of anilines is 1. The molecule has 0 saturated carbocycles. The number of phenols is 2. The third-order valence-electron chi connectivity index (χ3n) is 4.74. The summed E-state index contributed by atoms with van der Waals surface area (Å²) in [5.41, 5.74) is 0.537. The van der Waals surface area contributed by atoms with Crippen LogP contribution in [0, 0.1) is 10.1 Å². The van der Waals surface area contributed by atoms with Crippen LogP contribution >= 0.6 is 12.4 Å². The van der Waals surface area contributed by atoms with Gasteiger partial charge in [-0.3, -0.25) is 19.8 Å². The fourth-order valence-electron chi connectivity index (χ4n) is 3.18. The molecule has 0 aromatic heterocycles. The minimum atomic E-state index is -0.825. The molecule has 2 aromatic rings. The number of benzene rings is 2. The highest BCUT2D eigenvalue weighted by molar-refractivity contribution is 5.97. The molecule has 1 aliphatic heterocycles. The number of para-hydroxylation sites is 1. The number of Topliss-reactive ketones (excluding diaryl/α,β-unsaturated/α-hetero) is 1. The summed E-state index contributed by atoms with van der Waals surface area (Å²) < 4.78 is 0. The number of aromatic hydroxyl groups is 2. The second-order valence-corrected chi connectivity index (χ2v) is 6.46. The van der Waals surface area contributed by atoms with Crippen molar-refractivity contribution in [1.29, 1.82) is 0 Å². The molecule has 0 amide bonds. The Hall–Kier alpha value is -2.84. The van der Waals surface area contributed by atoms with Crippen molar-refractivity contribution in [3.05, 3.63) is 58.1 Å². The van der Waals surface area contributed by atoms with Gasteiger partial charge in [0.25, 0.3) is 0 Å². The van der Waals surface area contributed by atoms with E-state index in [0.717, 1.165) is 38.3 Å². The Bertz CT molecular complexity index is 839. The van der Waals surface area contributed by atoms with E-state index in [4.69, 9.17) is 0 Å². The zero-order valence-corrected chi connectivity index (χ0v) is 16.0. The van der Waals surface area contributed by atoms with Gasteiger partial charge in [-0.2, -0.15) is 0 Å². The number of piperazine rings is 1. The smallest absolute Gasteiger partial charge is 0.315 e. The lowest BCUT2D eigenvalue weighted by molar-refractivity contribution is -0.386. The van der Waals surface area contributed by atoms with E-state index >= 15 is 0 Å². The molecule has 1 aliphatic rings. The summed E-state index contributed by atoms with van der Waals surface area (Å²) in [5.74, 6) is -1.79. The maximum absolute atomic E-state index is 12.4. The van der Waals surface area contributed by atoms with Gasteiger partial charge in [0.2, 0.25) is 5.75 Å². The van der Waals surface area contributed by atoms with Crippen molar-refractivity contribution in [2.75, 3.05) is 37.6 Å². The van der Waals surface area contributed by atoms with Gasteiger partial charge in [0, 0.05) is 56.5 Å². The van der Waals surface area contributed by atoms with Crippen molar-refractivity contribution in [3.63, 3.8) is 0 Å². The lowest BCUT2D eigenvalue weighted by atomic mass is 10.1. The van der Waals surface area contributed by atoms with E-state index in [2.05, 4.69) is 21.9 Å². The average molecular weight is 408 g/mol. The highest BCUT2D eigenvalue weighted by Gasteiger charge is 2.22. The molecule has 0 atom stereocenters. The van der Waals surface area contributed by atoms with Crippen LogP contribution in [0.4, 0.5) is 11.4 Å². The average Bonchev–Trinajstić information content (AvgIpc) is 2.69. The predicted molar refractivity (Wildman–Crippen MR) is 108 cm³/mol. The number of carbonyl (C=O) groups excluding carboxylic acids is 1. The first-order valence-corrected chi connectivity index (χ1v) is 8.71. The number of hydrogen-bond acceptors (Lipinski definition) is 7. The number of carbonyl (C=O) groups is 1. The number of rotatable bonds is 6. The summed E-state index contributed by atoms with van der Waals surface area (Å²) in [7, 11) is 0. The van der Waals surface area contributed by atoms with Gasteiger partial charge in [-0.25, -0.2) is 0 Å². The lowest BCUT2D eigenvalue weighted by Gasteiger charge is -2.36. The van der Waals surface area contributed by atoms with Crippen LogP contribution in [0.1, 0.15) is 16.8 Å². The van der Waals surface area contributed by atoms with Crippen LogP contribution in [0.5, 0.6) is 11.5 Å². The zero-order chi connectivity index (χ0) is 19.4. The van der Waals surface area contributed by atoms with Gasteiger partial charge >= 0.3 is 5.69 Å². The number of halogens is 1. The first-order valence-electron chi connectivity index (χ1n) is 8.71. The Labute approximate surface area is 168 Å². The molecular formula is C19H22ClN3O5. The van der Waals surface area contributed by atoms with Crippen molar-refractivity contribution < 1.29 is 19.9 Å². The summed E-state index contributed by atoms with van der Waals surface area (Å²) in [6.07, 6.45) is 0.187. The van der Waals surface area contributed by atoms with Crippen LogP contribution < -0.4 is 4.90 Å². The summed E-state index contributed by atoms with van der Waals surface area (Å²) in [6, 6.07) is 12.2. The second kappa shape index (κ2) is 9.38. The molecule has 9 heteroatoms. The summed E-state index contributed by atoms with van der Waals surface area (Å²) in [5, 5.41) is 30.0. The van der Waals surface area contributed by atoms with E-state index in [9.17, 15) is 25.1 Å². The molecule has 150 valence electrons. The number of nitrogens with zero attached hydrogens (tertiary/aromatic N) is 3. The minimum absolute atomic E-state index is 0. The van der Waals surface area contributed by atoms with Crippen molar-refractivity contribution in [3.8, 4) is 11.5 Å². The normalized spacial score (nSPS) is 14.4. The molecule has 0 bridgehead atoms. The van der Waals surface area contributed by atoms with Gasteiger partial charge in [-0.1, -0.05) is 18.2 Å². The second-order valence-electron chi connectivity index (χ2n) is 6.46. The highest BCUT2D eigenvalue weighted by Crippen LogP contribution is 2.36. The van der Waals surface area contributed by atoms with Crippen LogP contribution in [0.15, 0.2) is 42.5 Å². The molecule has 28 heavy (non-hydrogen) atoms. The van der Waals surface area contributed by atoms with Crippen molar-refractivity contribution >= 4 is 29.6 Å². The van der Waals surface area contributed by atoms with Gasteiger partial charge in [0.05, 0.1) is 4.92 Å². The third kappa shape index (κ3) is 4.90. The molecule has 0 radical (unpaired) electrons. The van der Waals surface area contributed by atoms with E-state index in [1.165, 1.54) is 5.69 Å². The summed E-state index contributed by atoms with van der Waals surface area (Å²) in [4.78, 5) is 26.9. The third-order valence-corrected chi connectivity index (χ3v) is 4.74.